The molecule has 0 N–H and O–H groups in total. The predicted molar refractivity (Wildman–Crippen MR) is 134 cm³/mol. The summed E-state index contributed by atoms with van der Waals surface area (Å²) < 4.78 is 44.9. The molecule has 1 aromatic heterocycles. The highest BCUT2D eigenvalue weighted by Gasteiger charge is 2.32. The van der Waals surface area contributed by atoms with E-state index in [1.165, 1.54) is 10.6 Å². The lowest BCUT2D eigenvalue weighted by Crippen LogP contribution is -2.49. The number of nitrogens with zero attached hydrogens (tertiary/aromatic N) is 4. The van der Waals surface area contributed by atoms with E-state index in [9.17, 15) is 8.42 Å². The molecule has 0 spiro atoms. The molecule has 0 radical (unpaired) electrons. The molecule has 35 heavy (non-hydrogen) atoms. The van der Waals surface area contributed by atoms with Gasteiger partial charge in [-0.2, -0.15) is 4.31 Å². The first-order valence-corrected chi connectivity index (χ1v) is 13.0. The highest BCUT2D eigenvalue weighted by atomic mass is 32.2. The summed E-state index contributed by atoms with van der Waals surface area (Å²) >= 11 is 0. The lowest BCUT2D eigenvalue weighted by molar-refractivity contribution is 0.319. The van der Waals surface area contributed by atoms with Crippen LogP contribution >= 0.6 is 0 Å². The molecule has 0 amide bonds. The topological polar surface area (TPSA) is 94.1 Å². The van der Waals surface area contributed by atoms with Crippen LogP contribution in [-0.4, -0.2) is 69.2 Å². The molecule has 0 unspecified atom stereocenters. The first-order valence-electron chi connectivity index (χ1n) is 11.6. The standard InChI is InChI=1S/C25H30N4O5S/c1-4-33-21-10-11-23(34-5-2)24(16-21)35(30,31)29-14-12-28(13-15-29)25-17-22(26-18-27-25)19-6-8-20(32-3)9-7-19/h6-11,16-18H,4-5,12-15H2,1-3H3. The summed E-state index contributed by atoms with van der Waals surface area (Å²) in [7, 11) is -2.13. The van der Waals surface area contributed by atoms with E-state index in [2.05, 4.69) is 14.9 Å². The molecule has 4 rings (SSSR count). The minimum Gasteiger partial charge on any atom is -0.497 e. The zero-order valence-corrected chi connectivity index (χ0v) is 21.0. The number of methoxy groups -OCH3 is 1. The molecule has 10 heteroatoms. The van der Waals surface area contributed by atoms with Gasteiger partial charge in [0.15, 0.2) is 0 Å². The van der Waals surface area contributed by atoms with Crippen molar-refractivity contribution < 1.29 is 22.6 Å². The quantitative estimate of drug-likeness (QED) is 0.443. The summed E-state index contributed by atoms with van der Waals surface area (Å²) in [6.07, 6.45) is 1.53. The van der Waals surface area contributed by atoms with Crippen molar-refractivity contribution in [3.05, 3.63) is 54.9 Å². The van der Waals surface area contributed by atoms with Gasteiger partial charge < -0.3 is 19.1 Å². The van der Waals surface area contributed by atoms with Gasteiger partial charge in [0.25, 0.3) is 0 Å². The van der Waals surface area contributed by atoms with E-state index in [-0.39, 0.29) is 4.90 Å². The molecule has 0 bridgehead atoms. The number of piperazine rings is 1. The first-order chi connectivity index (χ1) is 17.0. The van der Waals surface area contributed by atoms with Crippen LogP contribution < -0.4 is 19.1 Å². The van der Waals surface area contributed by atoms with Crippen molar-refractivity contribution in [3.8, 4) is 28.5 Å². The minimum atomic E-state index is -3.76. The molecule has 1 saturated heterocycles. The number of benzene rings is 2. The van der Waals surface area contributed by atoms with Crippen LogP contribution in [0.25, 0.3) is 11.3 Å². The van der Waals surface area contributed by atoms with Crippen molar-refractivity contribution >= 4 is 15.8 Å². The Labute approximate surface area is 206 Å². The third-order valence-corrected chi connectivity index (χ3v) is 7.66. The second kappa shape index (κ2) is 10.9. The number of aromatic nitrogens is 2. The van der Waals surface area contributed by atoms with Crippen LogP contribution in [0.15, 0.2) is 59.8 Å². The molecule has 0 atom stereocenters. The summed E-state index contributed by atoms with van der Waals surface area (Å²) in [6, 6.07) is 14.5. The van der Waals surface area contributed by atoms with Crippen molar-refractivity contribution in [1.29, 1.82) is 0 Å². The first kappa shape index (κ1) is 24.7. The van der Waals surface area contributed by atoms with Gasteiger partial charge in [0.05, 0.1) is 26.0 Å². The second-order valence-corrected chi connectivity index (χ2v) is 9.76. The van der Waals surface area contributed by atoms with Crippen LogP contribution in [0, 0.1) is 0 Å². The average molecular weight is 499 g/mol. The Morgan fingerprint density at radius 3 is 2.20 bits per heavy atom. The van der Waals surface area contributed by atoms with Gasteiger partial charge in [-0.25, -0.2) is 18.4 Å². The van der Waals surface area contributed by atoms with Crippen LogP contribution in [0.3, 0.4) is 0 Å². The molecular formula is C25H30N4O5S. The van der Waals surface area contributed by atoms with Crippen molar-refractivity contribution in [3.63, 3.8) is 0 Å². The van der Waals surface area contributed by atoms with Crippen molar-refractivity contribution in [1.82, 2.24) is 14.3 Å². The van der Waals surface area contributed by atoms with Crippen molar-refractivity contribution in [2.75, 3.05) is 51.4 Å². The molecular weight excluding hydrogens is 468 g/mol. The average Bonchev–Trinajstić information content (AvgIpc) is 2.90. The van der Waals surface area contributed by atoms with Crippen LogP contribution in [-0.2, 0) is 10.0 Å². The normalized spacial score (nSPS) is 14.5. The van der Waals surface area contributed by atoms with Gasteiger partial charge in [0.2, 0.25) is 10.0 Å². The molecule has 0 saturated carbocycles. The van der Waals surface area contributed by atoms with E-state index in [0.717, 1.165) is 22.8 Å². The van der Waals surface area contributed by atoms with E-state index in [1.54, 1.807) is 25.3 Å². The fourth-order valence-corrected chi connectivity index (χ4v) is 5.53. The smallest absolute Gasteiger partial charge is 0.247 e. The number of rotatable bonds is 9. The largest absolute Gasteiger partial charge is 0.497 e. The van der Waals surface area contributed by atoms with Crippen LogP contribution in [0.2, 0.25) is 0 Å². The van der Waals surface area contributed by atoms with Crippen LogP contribution in [0.4, 0.5) is 5.82 Å². The van der Waals surface area contributed by atoms with Gasteiger partial charge in [0.1, 0.15) is 34.3 Å². The Bertz CT molecular complexity index is 1240. The van der Waals surface area contributed by atoms with Gasteiger partial charge in [-0.1, -0.05) is 0 Å². The highest BCUT2D eigenvalue weighted by Crippen LogP contribution is 2.32. The molecule has 3 aromatic rings. The maximum atomic E-state index is 13.5. The maximum absolute atomic E-state index is 13.5. The van der Waals surface area contributed by atoms with Gasteiger partial charge in [-0.3, -0.25) is 0 Å². The van der Waals surface area contributed by atoms with E-state index in [1.807, 2.05) is 44.2 Å². The van der Waals surface area contributed by atoms with E-state index in [0.29, 0.717) is 50.9 Å². The fraction of sp³-hybridized carbons (Fsp3) is 0.360. The van der Waals surface area contributed by atoms with Crippen molar-refractivity contribution in [2.24, 2.45) is 0 Å². The number of ether oxygens (including phenoxy) is 3. The summed E-state index contributed by atoms with van der Waals surface area (Å²) in [5.74, 6) is 2.37. The van der Waals surface area contributed by atoms with Gasteiger partial charge in [-0.05, 0) is 50.2 Å². The number of anilines is 1. The zero-order valence-electron chi connectivity index (χ0n) is 20.2. The second-order valence-electron chi connectivity index (χ2n) is 7.86. The molecule has 1 aliphatic rings. The number of sulfonamides is 1. The van der Waals surface area contributed by atoms with E-state index >= 15 is 0 Å². The lowest BCUT2D eigenvalue weighted by Gasteiger charge is -2.35. The molecule has 1 aliphatic heterocycles. The number of hydrogen-bond donors (Lipinski definition) is 0. The highest BCUT2D eigenvalue weighted by molar-refractivity contribution is 7.89. The SMILES string of the molecule is CCOc1ccc(OCC)c(S(=O)(=O)N2CCN(c3cc(-c4ccc(OC)cc4)ncn3)CC2)c1. The van der Waals surface area contributed by atoms with Crippen LogP contribution in [0.5, 0.6) is 17.2 Å². The summed E-state index contributed by atoms with van der Waals surface area (Å²) in [6.45, 7) is 6.17. The van der Waals surface area contributed by atoms with Gasteiger partial charge in [0, 0.05) is 43.9 Å². The zero-order chi connectivity index (χ0) is 24.8. The Kier molecular flexibility index (Phi) is 7.72. The monoisotopic (exact) mass is 498 g/mol. The Morgan fingerprint density at radius 2 is 1.54 bits per heavy atom. The summed E-state index contributed by atoms with van der Waals surface area (Å²) in [5, 5.41) is 0. The molecule has 9 nitrogen and oxygen atoms in total. The Morgan fingerprint density at radius 1 is 0.857 bits per heavy atom. The van der Waals surface area contributed by atoms with Crippen molar-refractivity contribution in [2.45, 2.75) is 18.7 Å². The molecule has 0 aliphatic carbocycles. The molecule has 1 fully saturated rings. The number of hydrogen-bond acceptors (Lipinski definition) is 8. The van der Waals surface area contributed by atoms with E-state index in [4.69, 9.17) is 14.2 Å². The Hall–Kier alpha value is -3.37. The minimum absolute atomic E-state index is 0.127. The summed E-state index contributed by atoms with van der Waals surface area (Å²) in [5.41, 5.74) is 1.75. The molecule has 2 heterocycles. The maximum Gasteiger partial charge on any atom is 0.247 e. The third-order valence-electron chi connectivity index (χ3n) is 5.74. The van der Waals surface area contributed by atoms with Gasteiger partial charge >= 0.3 is 0 Å². The summed E-state index contributed by atoms with van der Waals surface area (Å²) in [4.78, 5) is 11.0. The van der Waals surface area contributed by atoms with Gasteiger partial charge in [-0.15, -0.1) is 0 Å². The third kappa shape index (κ3) is 5.49. The lowest BCUT2D eigenvalue weighted by atomic mass is 10.1. The Balaban J connectivity index is 1.50. The predicted octanol–water partition coefficient (Wildman–Crippen LogP) is 3.46. The van der Waals surface area contributed by atoms with E-state index < -0.39 is 10.0 Å². The molecule has 2 aromatic carbocycles. The fourth-order valence-electron chi connectivity index (χ4n) is 3.96. The molecule has 186 valence electrons. The van der Waals surface area contributed by atoms with Crippen LogP contribution in [0.1, 0.15) is 13.8 Å².